The molecule has 0 N–H and O–H groups in total. The highest BCUT2D eigenvalue weighted by atomic mass is 28.5. The van der Waals surface area contributed by atoms with Crippen LogP contribution in [-0.4, -0.2) is 60.6 Å². The first-order chi connectivity index (χ1) is 19.3. The fourth-order valence-corrected chi connectivity index (χ4v) is 18.0. The van der Waals surface area contributed by atoms with Crippen LogP contribution in [0.5, 0.6) is 0 Å². The number of nitrogens with zero attached hydrogens (tertiary/aromatic N) is 5. The Kier molecular flexibility index (Phi) is 9.64. The number of hydrogen-bond donors (Lipinski definition) is 0. The fourth-order valence-electron chi connectivity index (χ4n) is 6.72. The topological polar surface area (TPSA) is 102 Å². The van der Waals surface area contributed by atoms with Gasteiger partial charge in [0.15, 0.2) is 0 Å². The van der Waals surface area contributed by atoms with Crippen molar-refractivity contribution in [3.63, 3.8) is 0 Å². The summed E-state index contributed by atoms with van der Waals surface area (Å²) in [6.07, 6.45) is 4.52. The molecule has 1 saturated carbocycles. The van der Waals surface area contributed by atoms with Crippen molar-refractivity contribution in [2.24, 2.45) is 5.92 Å². The molecule has 0 radical (unpaired) electrons. The number of rotatable bonds is 9. The molecule has 4 rings (SSSR count). The van der Waals surface area contributed by atoms with Crippen LogP contribution in [0.4, 0.5) is 4.39 Å². The third-order valence-corrected chi connectivity index (χ3v) is 19.3. The predicted molar refractivity (Wildman–Crippen MR) is 160 cm³/mol. The number of alkyl halides is 1. The number of hydrogen-bond acceptors (Lipinski definition) is 7. The lowest BCUT2D eigenvalue weighted by Gasteiger charge is -2.51. The van der Waals surface area contributed by atoms with Gasteiger partial charge in [0.25, 0.3) is 5.56 Å². The molecule has 230 valence electrons. The van der Waals surface area contributed by atoms with Crippen LogP contribution >= 0.6 is 0 Å². The van der Waals surface area contributed by atoms with E-state index in [-0.39, 0.29) is 64.6 Å². The standard InChI is InChI=1S/C28H48FN5O5Si2/c1-18(2)40(19(3)4)37-17-23-12-25(13-26(23)38-41(39-40,20(5)6)21(7)8)33-14-22(9)27(35)34(28(33)36)16-24-15-32(11-10-29)31-30-24/h14-15,18-21,23,25-26H,10-13,16-17H2,1-9H3/t23-,25?,26?/m1/s1. The van der Waals surface area contributed by atoms with E-state index in [2.05, 4.69) is 65.7 Å². The largest absolute Gasteiger partial charge is 0.414 e. The normalized spacial score (nSPS) is 24.3. The van der Waals surface area contributed by atoms with Crippen LogP contribution in [0.2, 0.25) is 22.2 Å². The Balaban J connectivity index is 1.70. The molecule has 2 aromatic heterocycles. The lowest BCUT2D eigenvalue weighted by Crippen LogP contribution is -2.64. The molecular formula is C28H48FN5O5Si2. The third-order valence-electron chi connectivity index (χ3n) is 8.98. The summed E-state index contributed by atoms with van der Waals surface area (Å²) in [4.78, 5) is 26.8. The summed E-state index contributed by atoms with van der Waals surface area (Å²) in [6, 6.07) is -0.146. The van der Waals surface area contributed by atoms with Gasteiger partial charge in [-0.25, -0.2) is 13.9 Å². The van der Waals surface area contributed by atoms with E-state index in [4.69, 9.17) is 13.0 Å². The van der Waals surface area contributed by atoms with Gasteiger partial charge < -0.3 is 13.0 Å². The second-order valence-electron chi connectivity index (χ2n) is 13.1. The minimum absolute atomic E-state index is 0.0215. The maximum Gasteiger partial charge on any atom is 0.334 e. The number of aryl methyl sites for hydroxylation is 2. The Morgan fingerprint density at radius 2 is 1.61 bits per heavy atom. The number of fused-ring (bicyclic) bond motifs is 1. The summed E-state index contributed by atoms with van der Waals surface area (Å²) in [5.41, 5.74) is 1.15. The Labute approximate surface area is 244 Å². The van der Waals surface area contributed by atoms with Gasteiger partial charge in [0.2, 0.25) is 0 Å². The summed E-state index contributed by atoms with van der Waals surface area (Å²) in [6.45, 7) is 19.4. The molecule has 2 aromatic rings. The number of halogens is 1. The molecule has 1 aliphatic heterocycles. The van der Waals surface area contributed by atoms with E-state index in [1.807, 2.05) is 0 Å². The van der Waals surface area contributed by atoms with Crippen LogP contribution in [0.25, 0.3) is 0 Å². The average molecular weight is 610 g/mol. The second kappa shape index (κ2) is 12.4. The van der Waals surface area contributed by atoms with E-state index in [1.165, 1.54) is 9.25 Å². The summed E-state index contributed by atoms with van der Waals surface area (Å²) in [5, 5.41) is 7.93. The van der Waals surface area contributed by atoms with Crippen LogP contribution < -0.4 is 11.2 Å². The van der Waals surface area contributed by atoms with Crippen molar-refractivity contribution in [1.29, 1.82) is 0 Å². The summed E-state index contributed by atoms with van der Waals surface area (Å²) < 4.78 is 38.5. The van der Waals surface area contributed by atoms with E-state index >= 15 is 0 Å². The van der Waals surface area contributed by atoms with Crippen LogP contribution in [0, 0.1) is 12.8 Å². The summed E-state index contributed by atoms with van der Waals surface area (Å²) in [5.74, 6) is 0.117. The molecule has 3 atom stereocenters. The van der Waals surface area contributed by atoms with Gasteiger partial charge in [-0.15, -0.1) is 5.10 Å². The molecule has 0 bridgehead atoms. The molecule has 10 nitrogen and oxygen atoms in total. The average Bonchev–Trinajstić information content (AvgIpc) is 3.50. The van der Waals surface area contributed by atoms with Crippen LogP contribution in [0.3, 0.4) is 0 Å². The smallest absolute Gasteiger partial charge is 0.334 e. The first-order valence-electron chi connectivity index (χ1n) is 15.0. The molecule has 13 heteroatoms. The van der Waals surface area contributed by atoms with E-state index in [0.29, 0.717) is 24.3 Å². The van der Waals surface area contributed by atoms with Crippen molar-refractivity contribution in [2.75, 3.05) is 13.3 Å². The lowest BCUT2D eigenvalue weighted by molar-refractivity contribution is 0.0367. The van der Waals surface area contributed by atoms with Gasteiger partial charge in [0.05, 0.1) is 25.4 Å². The molecule has 3 heterocycles. The zero-order valence-corrected chi connectivity index (χ0v) is 28.1. The fraction of sp³-hybridized carbons (Fsp3) is 0.786. The monoisotopic (exact) mass is 609 g/mol. The third kappa shape index (κ3) is 5.97. The molecule has 0 spiro atoms. The van der Waals surface area contributed by atoms with E-state index in [9.17, 15) is 14.0 Å². The van der Waals surface area contributed by atoms with Gasteiger partial charge >= 0.3 is 22.8 Å². The van der Waals surface area contributed by atoms with Crippen LogP contribution in [0.1, 0.15) is 85.5 Å². The van der Waals surface area contributed by atoms with Crippen molar-refractivity contribution in [3.05, 3.63) is 44.5 Å². The molecular weight excluding hydrogens is 562 g/mol. The number of aromatic nitrogens is 5. The quantitative estimate of drug-likeness (QED) is 0.375. The van der Waals surface area contributed by atoms with Gasteiger partial charge in [0.1, 0.15) is 12.4 Å². The van der Waals surface area contributed by atoms with Gasteiger partial charge in [0, 0.05) is 30.3 Å². The Hall–Kier alpha value is -1.94. The summed E-state index contributed by atoms with van der Waals surface area (Å²) >= 11 is 0. The lowest BCUT2D eigenvalue weighted by atomic mass is 10.1. The Morgan fingerprint density at radius 3 is 2.20 bits per heavy atom. The minimum Gasteiger partial charge on any atom is -0.414 e. The molecule has 1 saturated heterocycles. The van der Waals surface area contributed by atoms with Crippen LogP contribution in [0.15, 0.2) is 22.0 Å². The van der Waals surface area contributed by atoms with Crippen molar-refractivity contribution in [2.45, 2.75) is 123 Å². The molecule has 2 fully saturated rings. The highest BCUT2D eigenvalue weighted by Crippen LogP contribution is 2.49. The first-order valence-corrected chi connectivity index (χ1v) is 19.0. The van der Waals surface area contributed by atoms with E-state index < -0.39 is 23.8 Å². The molecule has 2 aliphatic rings. The molecule has 0 amide bonds. The van der Waals surface area contributed by atoms with Crippen molar-refractivity contribution >= 4 is 17.1 Å². The minimum atomic E-state index is -2.75. The zero-order valence-electron chi connectivity index (χ0n) is 26.1. The Bertz CT molecular complexity index is 1310. The maximum atomic E-state index is 13.8. The zero-order chi connectivity index (χ0) is 30.3. The maximum absolute atomic E-state index is 13.8. The molecule has 2 unspecified atom stereocenters. The van der Waals surface area contributed by atoms with Gasteiger partial charge in [-0.1, -0.05) is 60.6 Å². The predicted octanol–water partition coefficient (Wildman–Crippen LogP) is 4.84. The van der Waals surface area contributed by atoms with Crippen molar-refractivity contribution < 1.29 is 17.4 Å². The highest BCUT2D eigenvalue weighted by molar-refractivity contribution is 6.83. The first kappa shape index (κ1) is 32.0. The van der Waals surface area contributed by atoms with E-state index in [0.717, 1.165) is 6.42 Å². The highest BCUT2D eigenvalue weighted by Gasteiger charge is 2.59. The van der Waals surface area contributed by atoms with Gasteiger partial charge in [-0.05, 0) is 41.9 Å². The summed E-state index contributed by atoms with van der Waals surface area (Å²) in [7, 11) is -5.39. The molecule has 0 aromatic carbocycles. The van der Waals surface area contributed by atoms with Gasteiger partial charge in [-0.2, -0.15) is 0 Å². The Morgan fingerprint density at radius 1 is 0.976 bits per heavy atom. The molecule has 1 aliphatic carbocycles. The van der Waals surface area contributed by atoms with Crippen molar-refractivity contribution in [3.8, 4) is 0 Å². The SMILES string of the molecule is Cc1cn(C2CC3O[Si](C(C)C)(C(C)C)O[Si](C(C)C)(C(C)C)OC[C@H]3C2)c(=O)n(Cc2cn(CCF)nn2)c1=O. The van der Waals surface area contributed by atoms with E-state index in [1.54, 1.807) is 23.9 Å². The molecule has 41 heavy (non-hydrogen) atoms. The van der Waals surface area contributed by atoms with Crippen LogP contribution in [-0.2, 0) is 26.1 Å². The van der Waals surface area contributed by atoms with Crippen molar-refractivity contribution in [1.82, 2.24) is 24.1 Å². The van der Waals surface area contributed by atoms with Gasteiger partial charge in [-0.3, -0.25) is 13.9 Å². The second-order valence-corrected chi connectivity index (χ2v) is 21.9.